The van der Waals surface area contributed by atoms with Gasteiger partial charge in [0.15, 0.2) is 0 Å². The zero-order chi connectivity index (χ0) is 9.10. The average molecular weight is 179 g/mol. The SMILES string of the molecule is Oc1cccnc1[C@H]1CNCCN1. The van der Waals surface area contributed by atoms with Gasteiger partial charge in [0.05, 0.1) is 6.04 Å². The molecule has 1 aliphatic rings. The van der Waals surface area contributed by atoms with E-state index in [4.69, 9.17) is 0 Å². The summed E-state index contributed by atoms with van der Waals surface area (Å²) in [5.74, 6) is 0.267. The first-order valence-corrected chi connectivity index (χ1v) is 4.46. The van der Waals surface area contributed by atoms with Gasteiger partial charge in [-0.1, -0.05) is 0 Å². The molecule has 0 unspecified atom stereocenters. The molecule has 13 heavy (non-hydrogen) atoms. The fraction of sp³-hybridized carbons (Fsp3) is 0.444. The molecular weight excluding hydrogens is 166 g/mol. The van der Waals surface area contributed by atoms with E-state index < -0.39 is 0 Å². The zero-order valence-electron chi connectivity index (χ0n) is 7.33. The van der Waals surface area contributed by atoms with Crippen molar-refractivity contribution in [2.45, 2.75) is 6.04 Å². The van der Waals surface area contributed by atoms with Crippen LogP contribution in [0.1, 0.15) is 11.7 Å². The normalized spacial score (nSPS) is 22.9. The smallest absolute Gasteiger partial charge is 0.138 e. The van der Waals surface area contributed by atoms with Crippen molar-refractivity contribution in [3.8, 4) is 5.75 Å². The predicted molar refractivity (Wildman–Crippen MR) is 49.5 cm³/mol. The number of nitrogens with one attached hydrogen (secondary N) is 2. The van der Waals surface area contributed by atoms with Gasteiger partial charge >= 0.3 is 0 Å². The van der Waals surface area contributed by atoms with Crippen molar-refractivity contribution in [3.63, 3.8) is 0 Å². The molecule has 4 nitrogen and oxygen atoms in total. The minimum absolute atomic E-state index is 0.134. The van der Waals surface area contributed by atoms with Gasteiger partial charge < -0.3 is 15.7 Å². The van der Waals surface area contributed by atoms with E-state index in [1.54, 1.807) is 18.3 Å². The Bertz CT molecular complexity index is 284. The first-order chi connectivity index (χ1) is 6.38. The summed E-state index contributed by atoms with van der Waals surface area (Å²) in [5.41, 5.74) is 0.731. The largest absolute Gasteiger partial charge is 0.506 e. The second kappa shape index (κ2) is 3.72. The quantitative estimate of drug-likeness (QED) is 0.569. The highest BCUT2D eigenvalue weighted by molar-refractivity contribution is 5.28. The van der Waals surface area contributed by atoms with Gasteiger partial charge in [-0.25, -0.2) is 0 Å². The van der Waals surface area contributed by atoms with Crippen LogP contribution in [0.15, 0.2) is 18.3 Å². The molecule has 0 saturated carbocycles. The molecular formula is C9H13N3O. The first-order valence-electron chi connectivity index (χ1n) is 4.46. The highest BCUT2D eigenvalue weighted by Gasteiger charge is 2.17. The summed E-state index contributed by atoms with van der Waals surface area (Å²) in [7, 11) is 0. The molecule has 3 N–H and O–H groups in total. The molecule has 0 radical (unpaired) electrons. The van der Waals surface area contributed by atoms with Crippen LogP contribution in [0, 0.1) is 0 Å². The maximum absolute atomic E-state index is 9.53. The Morgan fingerprint density at radius 3 is 3.08 bits per heavy atom. The summed E-state index contributed by atoms with van der Waals surface area (Å²) in [4.78, 5) is 4.15. The van der Waals surface area contributed by atoms with Crippen LogP contribution in [0.25, 0.3) is 0 Å². The third-order valence-corrected chi connectivity index (χ3v) is 2.19. The molecule has 70 valence electrons. The number of aromatic nitrogens is 1. The third kappa shape index (κ3) is 1.79. The van der Waals surface area contributed by atoms with Gasteiger partial charge in [0.25, 0.3) is 0 Å². The number of pyridine rings is 1. The molecule has 0 amide bonds. The highest BCUT2D eigenvalue weighted by Crippen LogP contribution is 2.20. The lowest BCUT2D eigenvalue weighted by molar-refractivity contribution is 0.396. The molecule has 1 atom stereocenters. The van der Waals surface area contributed by atoms with E-state index in [2.05, 4.69) is 15.6 Å². The Labute approximate surface area is 77.0 Å². The number of nitrogens with zero attached hydrogens (tertiary/aromatic N) is 1. The second-order valence-electron chi connectivity index (χ2n) is 3.12. The maximum atomic E-state index is 9.53. The molecule has 2 heterocycles. The van der Waals surface area contributed by atoms with Gasteiger partial charge in [-0.05, 0) is 12.1 Å². The Balaban J connectivity index is 2.18. The number of hydrogen-bond acceptors (Lipinski definition) is 4. The van der Waals surface area contributed by atoms with Crippen LogP contribution in [0.5, 0.6) is 5.75 Å². The summed E-state index contributed by atoms with van der Waals surface area (Å²) in [6.07, 6.45) is 1.70. The molecule has 0 aliphatic carbocycles. The zero-order valence-corrected chi connectivity index (χ0v) is 7.33. The van der Waals surface area contributed by atoms with Crippen LogP contribution in [-0.2, 0) is 0 Å². The average Bonchev–Trinajstić information content (AvgIpc) is 2.20. The summed E-state index contributed by atoms with van der Waals surface area (Å²) >= 11 is 0. The fourth-order valence-corrected chi connectivity index (χ4v) is 1.52. The van der Waals surface area contributed by atoms with Gasteiger partial charge in [-0.15, -0.1) is 0 Å². The van der Waals surface area contributed by atoms with Crippen LogP contribution < -0.4 is 10.6 Å². The minimum Gasteiger partial charge on any atom is -0.506 e. The minimum atomic E-state index is 0.134. The number of piperazine rings is 1. The lowest BCUT2D eigenvalue weighted by Crippen LogP contribution is -2.42. The van der Waals surface area contributed by atoms with Crippen molar-refractivity contribution >= 4 is 0 Å². The monoisotopic (exact) mass is 179 g/mol. The molecule has 0 spiro atoms. The van der Waals surface area contributed by atoms with Gasteiger partial charge in [0.1, 0.15) is 11.4 Å². The van der Waals surface area contributed by atoms with E-state index >= 15 is 0 Å². The Hall–Kier alpha value is -1.13. The predicted octanol–water partition coefficient (Wildman–Crippen LogP) is 0.0211. The van der Waals surface area contributed by atoms with Crippen molar-refractivity contribution in [2.24, 2.45) is 0 Å². The molecule has 2 rings (SSSR count). The molecule has 1 aliphatic heterocycles. The standard InChI is InChI=1S/C9H13N3O/c13-8-2-1-3-12-9(8)7-6-10-4-5-11-7/h1-3,7,10-11,13H,4-6H2/t7-/m1/s1. The van der Waals surface area contributed by atoms with Crippen LogP contribution in [0.2, 0.25) is 0 Å². The Morgan fingerprint density at radius 1 is 1.46 bits per heavy atom. The summed E-state index contributed by atoms with van der Waals surface area (Å²) < 4.78 is 0. The van der Waals surface area contributed by atoms with Crippen molar-refractivity contribution in [1.82, 2.24) is 15.6 Å². The molecule has 0 aromatic carbocycles. The van der Waals surface area contributed by atoms with Crippen LogP contribution in [0.3, 0.4) is 0 Å². The molecule has 1 fully saturated rings. The van der Waals surface area contributed by atoms with Crippen LogP contribution in [-0.4, -0.2) is 29.7 Å². The summed E-state index contributed by atoms with van der Waals surface area (Å²) in [6, 6.07) is 3.53. The molecule has 1 saturated heterocycles. The van der Waals surface area contributed by atoms with E-state index in [1.165, 1.54) is 0 Å². The molecule has 1 aromatic heterocycles. The van der Waals surface area contributed by atoms with E-state index in [1.807, 2.05) is 0 Å². The number of aromatic hydroxyl groups is 1. The second-order valence-corrected chi connectivity index (χ2v) is 3.12. The first kappa shape index (κ1) is 8.47. The van der Waals surface area contributed by atoms with Crippen molar-refractivity contribution in [1.29, 1.82) is 0 Å². The van der Waals surface area contributed by atoms with Gasteiger partial charge in [-0.3, -0.25) is 4.98 Å². The summed E-state index contributed by atoms with van der Waals surface area (Å²) in [5, 5.41) is 16.1. The number of rotatable bonds is 1. The van der Waals surface area contributed by atoms with E-state index in [0.717, 1.165) is 25.3 Å². The molecule has 1 aromatic rings. The van der Waals surface area contributed by atoms with E-state index in [0.29, 0.717) is 0 Å². The Morgan fingerprint density at radius 2 is 2.38 bits per heavy atom. The highest BCUT2D eigenvalue weighted by atomic mass is 16.3. The van der Waals surface area contributed by atoms with E-state index in [-0.39, 0.29) is 11.8 Å². The van der Waals surface area contributed by atoms with Crippen molar-refractivity contribution < 1.29 is 5.11 Å². The fourth-order valence-electron chi connectivity index (χ4n) is 1.52. The van der Waals surface area contributed by atoms with Gasteiger partial charge in [0.2, 0.25) is 0 Å². The maximum Gasteiger partial charge on any atom is 0.138 e. The van der Waals surface area contributed by atoms with Crippen LogP contribution in [0.4, 0.5) is 0 Å². The third-order valence-electron chi connectivity index (χ3n) is 2.19. The van der Waals surface area contributed by atoms with Crippen LogP contribution >= 0.6 is 0 Å². The molecule has 0 bridgehead atoms. The molecule has 4 heteroatoms. The van der Waals surface area contributed by atoms with Gasteiger partial charge in [-0.2, -0.15) is 0 Å². The van der Waals surface area contributed by atoms with Gasteiger partial charge in [0, 0.05) is 25.8 Å². The number of hydrogen-bond donors (Lipinski definition) is 3. The lowest BCUT2D eigenvalue weighted by atomic mass is 10.1. The van der Waals surface area contributed by atoms with Crippen molar-refractivity contribution in [2.75, 3.05) is 19.6 Å². The van der Waals surface area contributed by atoms with Crippen molar-refractivity contribution in [3.05, 3.63) is 24.0 Å². The topological polar surface area (TPSA) is 57.2 Å². The summed E-state index contributed by atoms with van der Waals surface area (Å²) in [6.45, 7) is 2.72. The lowest BCUT2D eigenvalue weighted by Gasteiger charge is -2.24. The Kier molecular flexibility index (Phi) is 2.42. The van der Waals surface area contributed by atoms with E-state index in [9.17, 15) is 5.11 Å².